The van der Waals surface area contributed by atoms with Gasteiger partial charge in [-0.25, -0.2) is 13.2 Å². The topological polar surface area (TPSA) is 37.4 Å². The molecule has 2 heterocycles. The molecule has 1 fully saturated rings. The summed E-state index contributed by atoms with van der Waals surface area (Å²) in [7, 11) is 0. The SMILES string of the molecule is C[C@@H]1CN(c2cc(F)cc(Nc3c(F)cncc3F)c2)C[C@H](C)O1. The van der Waals surface area contributed by atoms with Gasteiger partial charge in [0.2, 0.25) is 0 Å². The largest absolute Gasteiger partial charge is 0.372 e. The second-order valence-corrected chi connectivity index (χ2v) is 5.96. The normalized spacial score (nSPS) is 21.0. The molecule has 2 atom stereocenters. The number of rotatable bonds is 3. The summed E-state index contributed by atoms with van der Waals surface area (Å²) in [6, 6.07) is 4.25. The van der Waals surface area contributed by atoms with E-state index in [1.165, 1.54) is 12.1 Å². The van der Waals surface area contributed by atoms with Crippen LogP contribution in [0.3, 0.4) is 0 Å². The van der Waals surface area contributed by atoms with Crippen molar-refractivity contribution in [1.29, 1.82) is 0 Å². The summed E-state index contributed by atoms with van der Waals surface area (Å²) in [6.07, 6.45) is 1.83. The van der Waals surface area contributed by atoms with E-state index >= 15 is 0 Å². The number of nitrogens with one attached hydrogen (secondary N) is 1. The number of morpholine rings is 1. The van der Waals surface area contributed by atoms with Crippen LogP contribution in [-0.2, 0) is 4.74 Å². The Morgan fingerprint density at radius 1 is 1.04 bits per heavy atom. The monoisotopic (exact) mass is 337 g/mol. The lowest BCUT2D eigenvalue weighted by molar-refractivity contribution is -0.00523. The lowest BCUT2D eigenvalue weighted by Gasteiger charge is -2.37. The van der Waals surface area contributed by atoms with Gasteiger partial charge >= 0.3 is 0 Å². The standard InChI is InChI=1S/C17H18F3N3O/c1-10-8-23(9-11(2)24-10)14-4-12(18)3-13(5-14)22-17-15(19)6-21-7-16(17)20/h3-7,10-11H,8-9H2,1-2H3,(H,21,22)/t10-,11+. The van der Waals surface area contributed by atoms with Gasteiger partial charge in [0.15, 0.2) is 11.6 Å². The fourth-order valence-corrected chi connectivity index (χ4v) is 2.89. The maximum Gasteiger partial charge on any atom is 0.167 e. The summed E-state index contributed by atoms with van der Waals surface area (Å²) < 4.78 is 47.1. The highest BCUT2D eigenvalue weighted by Gasteiger charge is 2.23. The molecule has 3 rings (SSSR count). The minimum absolute atomic E-state index is 0.0171. The second kappa shape index (κ2) is 6.68. The van der Waals surface area contributed by atoms with E-state index in [9.17, 15) is 13.2 Å². The molecule has 7 heteroatoms. The van der Waals surface area contributed by atoms with Gasteiger partial charge in [-0.1, -0.05) is 0 Å². The fourth-order valence-electron chi connectivity index (χ4n) is 2.89. The first-order valence-electron chi connectivity index (χ1n) is 7.69. The number of pyridine rings is 1. The summed E-state index contributed by atoms with van der Waals surface area (Å²) in [5.74, 6) is -2.17. The van der Waals surface area contributed by atoms with Crippen LogP contribution in [0.2, 0.25) is 0 Å². The Hall–Kier alpha value is -2.28. The van der Waals surface area contributed by atoms with Crippen molar-refractivity contribution in [1.82, 2.24) is 4.98 Å². The van der Waals surface area contributed by atoms with Gasteiger partial charge < -0.3 is 15.0 Å². The zero-order valence-electron chi connectivity index (χ0n) is 13.4. The van der Waals surface area contributed by atoms with Crippen molar-refractivity contribution in [2.45, 2.75) is 26.1 Å². The summed E-state index contributed by atoms with van der Waals surface area (Å²) in [5.41, 5.74) is 0.542. The van der Waals surface area contributed by atoms with Crippen LogP contribution in [0.25, 0.3) is 0 Å². The average Bonchev–Trinajstić information content (AvgIpc) is 2.49. The molecule has 1 aliphatic rings. The van der Waals surface area contributed by atoms with E-state index in [1.807, 2.05) is 18.7 Å². The van der Waals surface area contributed by atoms with Crippen molar-refractivity contribution in [2.75, 3.05) is 23.3 Å². The maximum atomic E-state index is 14.0. The minimum atomic E-state index is -0.838. The molecule has 0 aliphatic carbocycles. The first kappa shape index (κ1) is 16.6. The van der Waals surface area contributed by atoms with Crippen LogP contribution in [-0.4, -0.2) is 30.3 Å². The second-order valence-electron chi connectivity index (χ2n) is 5.96. The molecule has 0 amide bonds. The Labute approximate surface area is 138 Å². The molecule has 128 valence electrons. The summed E-state index contributed by atoms with van der Waals surface area (Å²) >= 11 is 0. The third-order valence-corrected chi connectivity index (χ3v) is 3.79. The number of ether oxygens (including phenoxy) is 1. The minimum Gasteiger partial charge on any atom is -0.372 e. The summed E-state index contributed by atoms with van der Waals surface area (Å²) in [4.78, 5) is 5.42. The Bertz CT molecular complexity index is 711. The van der Waals surface area contributed by atoms with Gasteiger partial charge in [-0.2, -0.15) is 0 Å². The van der Waals surface area contributed by atoms with Crippen LogP contribution >= 0.6 is 0 Å². The quantitative estimate of drug-likeness (QED) is 0.923. The third-order valence-electron chi connectivity index (χ3n) is 3.79. The molecule has 1 aromatic heterocycles. The molecule has 0 unspecified atom stereocenters. The van der Waals surface area contributed by atoms with Crippen molar-refractivity contribution in [3.8, 4) is 0 Å². The Morgan fingerprint density at radius 2 is 1.67 bits per heavy atom. The molecule has 1 saturated heterocycles. The van der Waals surface area contributed by atoms with Gasteiger partial charge in [0.25, 0.3) is 0 Å². The van der Waals surface area contributed by atoms with E-state index < -0.39 is 17.5 Å². The molecule has 24 heavy (non-hydrogen) atoms. The third kappa shape index (κ3) is 3.62. The number of hydrogen-bond acceptors (Lipinski definition) is 4. The van der Waals surface area contributed by atoms with Crippen molar-refractivity contribution >= 4 is 17.1 Å². The van der Waals surface area contributed by atoms with E-state index in [0.717, 1.165) is 12.4 Å². The fraction of sp³-hybridized carbons (Fsp3) is 0.353. The molecular formula is C17H18F3N3O. The molecule has 4 nitrogen and oxygen atoms in total. The number of halogens is 3. The van der Waals surface area contributed by atoms with Gasteiger partial charge in [0.05, 0.1) is 24.6 Å². The van der Waals surface area contributed by atoms with Gasteiger partial charge in [0, 0.05) is 24.5 Å². The predicted molar refractivity (Wildman–Crippen MR) is 86.1 cm³/mol. The number of hydrogen-bond donors (Lipinski definition) is 1. The number of anilines is 3. The molecular weight excluding hydrogens is 319 g/mol. The number of aromatic nitrogens is 1. The zero-order chi connectivity index (χ0) is 17.3. The van der Waals surface area contributed by atoms with Gasteiger partial charge in [-0.05, 0) is 32.0 Å². The van der Waals surface area contributed by atoms with E-state index in [0.29, 0.717) is 18.8 Å². The lowest BCUT2D eigenvalue weighted by Crippen LogP contribution is -2.45. The van der Waals surface area contributed by atoms with Crippen LogP contribution in [0.5, 0.6) is 0 Å². The van der Waals surface area contributed by atoms with Crippen molar-refractivity contribution in [3.05, 3.63) is 48.0 Å². The highest BCUT2D eigenvalue weighted by molar-refractivity contribution is 5.66. The van der Waals surface area contributed by atoms with Crippen molar-refractivity contribution in [3.63, 3.8) is 0 Å². The predicted octanol–water partition coefficient (Wildman–Crippen LogP) is 3.86. The lowest BCUT2D eigenvalue weighted by atomic mass is 10.1. The first-order chi connectivity index (χ1) is 11.4. The maximum absolute atomic E-state index is 14.0. The molecule has 0 bridgehead atoms. The van der Waals surface area contributed by atoms with Crippen LogP contribution in [0.15, 0.2) is 30.6 Å². The van der Waals surface area contributed by atoms with Crippen molar-refractivity contribution < 1.29 is 17.9 Å². The van der Waals surface area contributed by atoms with E-state index in [2.05, 4.69) is 10.3 Å². The Balaban J connectivity index is 1.89. The van der Waals surface area contributed by atoms with E-state index in [1.54, 1.807) is 6.07 Å². The Morgan fingerprint density at radius 3 is 2.29 bits per heavy atom. The molecule has 0 saturated carbocycles. The molecule has 1 N–H and O–H groups in total. The summed E-state index contributed by atoms with van der Waals surface area (Å²) in [6.45, 7) is 5.13. The molecule has 2 aromatic rings. The van der Waals surface area contributed by atoms with Gasteiger partial charge in [0.1, 0.15) is 11.5 Å². The number of nitrogens with zero attached hydrogens (tertiary/aromatic N) is 2. The van der Waals surface area contributed by atoms with Crippen LogP contribution < -0.4 is 10.2 Å². The van der Waals surface area contributed by atoms with E-state index in [4.69, 9.17) is 4.74 Å². The van der Waals surface area contributed by atoms with Gasteiger partial charge in [-0.15, -0.1) is 0 Å². The van der Waals surface area contributed by atoms with Gasteiger partial charge in [-0.3, -0.25) is 4.98 Å². The number of benzene rings is 1. The van der Waals surface area contributed by atoms with E-state index in [-0.39, 0.29) is 23.6 Å². The molecule has 1 aliphatic heterocycles. The highest BCUT2D eigenvalue weighted by Crippen LogP contribution is 2.28. The van der Waals surface area contributed by atoms with Crippen molar-refractivity contribution in [2.24, 2.45) is 0 Å². The molecule has 1 aromatic carbocycles. The first-order valence-corrected chi connectivity index (χ1v) is 7.69. The zero-order valence-corrected chi connectivity index (χ0v) is 13.4. The molecule has 0 spiro atoms. The smallest absolute Gasteiger partial charge is 0.167 e. The van der Waals surface area contributed by atoms with Crippen LogP contribution in [0.4, 0.5) is 30.2 Å². The van der Waals surface area contributed by atoms with Crippen LogP contribution in [0.1, 0.15) is 13.8 Å². The van der Waals surface area contributed by atoms with Crippen LogP contribution in [0, 0.1) is 17.5 Å². The Kier molecular flexibility index (Phi) is 4.62. The highest BCUT2D eigenvalue weighted by atomic mass is 19.1. The summed E-state index contributed by atoms with van der Waals surface area (Å²) in [5, 5.41) is 2.60. The average molecular weight is 337 g/mol. The molecule has 0 radical (unpaired) electrons.